The van der Waals surface area contributed by atoms with Crippen molar-refractivity contribution >= 4 is 5.91 Å². The zero-order valence-electron chi connectivity index (χ0n) is 19.1. The van der Waals surface area contributed by atoms with E-state index in [0.717, 1.165) is 83.0 Å². The van der Waals surface area contributed by atoms with Gasteiger partial charge in [-0.15, -0.1) is 0 Å². The molecular formula is C25H35N3O4. The lowest BCUT2D eigenvalue weighted by Crippen LogP contribution is -2.46. The van der Waals surface area contributed by atoms with Crippen LogP contribution in [0.2, 0.25) is 0 Å². The summed E-state index contributed by atoms with van der Waals surface area (Å²) < 4.78 is 16.6. The van der Waals surface area contributed by atoms with Gasteiger partial charge in [-0.2, -0.15) is 4.98 Å². The van der Waals surface area contributed by atoms with Crippen LogP contribution < -0.4 is 0 Å². The lowest BCUT2D eigenvalue weighted by Gasteiger charge is -2.40. The molecule has 4 rings (SSSR count). The number of carbonyl (C=O) groups excluding carboxylic acids is 1. The van der Waals surface area contributed by atoms with Gasteiger partial charge in [-0.1, -0.05) is 35.5 Å². The standard InChI is InChI=1S/C25H35N3O4/c1-30-19-14-25(24-26-23(32-27-24)21-10-17-31-18-11-21)12-15-28(16-13-25)22(29)9-5-8-20-6-3-2-4-7-20/h2-4,6-7,21H,5,8-19H2,1H3. The van der Waals surface area contributed by atoms with Crippen LogP contribution in [0.3, 0.4) is 0 Å². The van der Waals surface area contributed by atoms with Gasteiger partial charge >= 0.3 is 0 Å². The molecule has 0 bridgehead atoms. The number of hydrogen-bond acceptors (Lipinski definition) is 6. The van der Waals surface area contributed by atoms with Gasteiger partial charge < -0.3 is 18.9 Å². The van der Waals surface area contributed by atoms with E-state index in [-0.39, 0.29) is 17.2 Å². The van der Waals surface area contributed by atoms with Crippen LogP contribution >= 0.6 is 0 Å². The summed E-state index contributed by atoms with van der Waals surface area (Å²) in [6, 6.07) is 10.4. The number of carbonyl (C=O) groups is 1. The van der Waals surface area contributed by atoms with E-state index in [1.54, 1.807) is 7.11 Å². The second kappa shape index (κ2) is 11.1. The summed E-state index contributed by atoms with van der Waals surface area (Å²) in [7, 11) is 1.72. The number of likely N-dealkylation sites (tertiary alicyclic amines) is 1. The van der Waals surface area contributed by atoms with Crippen LogP contribution in [0.5, 0.6) is 0 Å². The van der Waals surface area contributed by atoms with Gasteiger partial charge in [0.25, 0.3) is 0 Å². The third-order valence-electron chi connectivity index (χ3n) is 7.04. The van der Waals surface area contributed by atoms with Gasteiger partial charge in [0.05, 0.1) is 0 Å². The van der Waals surface area contributed by atoms with Crippen LogP contribution in [0.1, 0.15) is 68.1 Å². The summed E-state index contributed by atoms with van der Waals surface area (Å²) >= 11 is 0. The van der Waals surface area contributed by atoms with Crippen LogP contribution in [-0.4, -0.2) is 61.0 Å². The van der Waals surface area contributed by atoms with E-state index in [0.29, 0.717) is 13.0 Å². The molecule has 2 aliphatic rings. The number of nitrogens with zero attached hydrogens (tertiary/aromatic N) is 3. The van der Waals surface area contributed by atoms with Gasteiger partial charge in [0.2, 0.25) is 11.8 Å². The molecule has 32 heavy (non-hydrogen) atoms. The predicted molar refractivity (Wildman–Crippen MR) is 120 cm³/mol. The average molecular weight is 442 g/mol. The van der Waals surface area contributed by atoms with Crippen molar-refractivity contribution < 1.29 is 18.8 Å². The number of aromatic nitrogens is 2. The van der Waals surface area contributed by atoms with E-state index >= 15 is 0 Å². The van der Waals surface area contributed by atoms with Crippen LogP contribution in [0.25, 0.3) is 0 Å². The number of ether oxygens (including phenoxy) is 2. The van der Waals surface area contributed by atoms with Gasteiger partial charge in [0.1, 0.15) is 0 Å². The molecule has 174 valence electrons. The van der Waals surface area contributed by atoms with Crippen molar-refractivity contribution in [2.24, 2.45) is 0 Å². The number of piperidine rings is 1. The zero-order valence-corrected chi connectivity index (χ0v) is 19.1. The molecule has 2 aliphatic heterocycles. The third-order valence-corrected chi connectivity index (χ3v) is 7.04. The van der Waals surface area contributed by atoms with Crippen LogP contribution in [-0.2, 0) is 26.1 Å². The minimum absolute atomic E-state index is 0.191. The molecule has 2 saturated heterocycles. The van der Waals surface area contributed by atoms with Crippen molar-refractivity contribution in [3.8, 4) is 0 Å². The fraction of sp³-hybridized carbons (Fsp3) is 0.640. The summed E-state index contributed by atoms with van der Waals surface area (Å²) in [4.78, 5) is 19.7. The average Bonchev–Trinajstić information content (AvgIpc) is 3.35. The molecule has 2 aromatic rings. The second-order valence-corrected chi connectivity index (χ2v) is 9.09. The number of hydrogen-bond donors (Lipinski definition) is 0. The van der Waals surface area contributed by atoms with Crippen molar-refractivity contribution in [1.29, 1.82) is 0 Å². The Bertz CT molecular complexity index is 840. The molecule has 3 heterocycles. The van der Waals surface area contributed by atoms with E-state index in [1.165, 1.54) is 5.56 Å². The monoisotopic (exact) mass is 441 g/mol. The minimum atomic E-state index is -0.191. The number of benzene rings is 1. The molecule has 0 atom stereocenters. The normalized spacial score (nSPS) is 19.2. The molecule has 1 amide bonds. The molecule has 0 aliphatic carbocycles. The van der Waals surface area contributed by atoms with E-state index in [4.69, 9.17) is 19.0 Å². The smallest absolute Gasteiger partial charge is 0.229 e. The Morgan fingerprint density at radius 1 is 1.19 bits per heavy atom. The topological polar surface area (TPSA) is 77.7 Å². The van der Waals surface area contributed by atoms with E-state index in [2.05, 4.69) is 17.3 Å². The first-order valence-corrected chi connectivity index (χ1v) is 11.9. The quantitative estimate of drug-likeness (QED) is 0.588. The molecule has 0 spiro atoms. The first-order chi connectivity index (χ1) is 15.7. The van der Waals surface area contributed by atoms with E-state index in [9.17, 15) is 4.79 Å². The van der Waals surface area contributed by atoms with Crippen molar-refractivity contribution in [3.05, 3.63) is 47.6 Å². The summed E-state index contributed by atoms with van der Waals surface area (Å²) in [5, 5.41) is 4.41. The van der Waals surface area contributed by atoms with Crippen LogP contribution in [0, 0.1) is 0 Å². The number of rotatable bonds is 9. The highest BCUT2D eigenvalue weighted by atomic mass is 16.5. The van der Waals surface area contributed by atoms with Crippen LogP contribution in [0.15, 0.2) is 34.9 Å². The SMILES string of the molecule is COCCC1(c2noc(C3CCOCC3)n2)CCN(C(=O)CCCc2ccccc2)CC1. The Morgan fingerprint density at radius 2 is 1.94 bits per heavy atom. The van der Waals surface area contributed by atoms with Gasteiger partial charge in [-0.05, 0) is 50.5 Å². The van der Waals surface area contributed by atoms with Gasteiger partial charge in [-0.25, -0.2) is 0 Å². The molecule has 1 aromatic heterocycles. The highest BCUT2D eigenvalue weighted by Gasteiger charge is 2.41. The summed E-state index contributed by atoms with van der Waals surface area (Å²) in [5.74, 6) is 2.06. The fourth-order valence-corrected chi connectivity index (χ4v) is 4.87. The number of methoxy groups -OCH3 is 1. The van der Waals surface area contributed by atoms with Crippen molar-refractivity contribution in [1.82, 2.24) is 15.0 Å². The molecule has 0 unspecified atom stereocenters. The molecule has 2 fully saturated rings. The Labute approximate surface area is 190 Å². The first kappa shape index (κ1) is 22.9. The third kappa shape index (κ3) is 5.56. The second-order valence-electron chi connectivity index (χ2n) is 9.09. The summed E-state index contributed by atoms with van der Waals surface area (Å²) in [6.07, 6.45) is 6.79. The minimum Gasteiger partial charge on any atom is -0.385 e. The first-order valence-electron chi connectivity index (χ1n) is 11.9. The Hall–Kier alpha value is -2.25. The Balaban J connectivity index is 1.34. The van der Waals surface area contributed by atoms with Crippen molar-refractivity contribution in [2.45, 2.75) is 62.7 Å². The highest BCUT2D eigenvalue weighted by Crippen LogP contribution is 2.38. The zero-order chi connectivity index (χ0) is 22.2. The van der Waals surface area contributed by atoms with Gasteiger partial charge in [-0.3, -0.25) is 4.79 Å². The van der Waals surface area contributed by atoms with Gasteiger partial charge in [0.15, 0.2) is 5.82 Å². The maximum absolute atomic E-state index is 12.8. The molecule has 7 nitrogen and oxygen atoms in total. The maximum Gasteiger partial charge on any atom is 0.229 e. The van der Waals surface area contributed by atoms with E-state index < -0.39 is 0 Å². The molecule has 1 aromatic carbocycles. The summed E-state index contributed by atoms with van der Waals surface area (Å²) in [5.41, 5.74) is 1.10. The van der Waals surface area contributed by atoms with Crippen molar-refractivity contribution in [3.63, 3.8) is 0 Å². The summed E-state index contributed by atoms with van der Waals surface area (Å²) in [6.45, 7) is 3.60. The number of aryl methyl sites for hydroxylation is 1. The van der Waals surface area contributed by atoms with Gasteiger partial charge in [0, 0.05) is 57.8 Å². The Kier molecular flexibility index (Phi) is 7.92. The molecule has 0 radical (unpaired) electrons. The largest absolute Gasteiger partial charge is 0.385 e. The predicted octanol–water partition coefficient (Wildman–Crippen LogP) is 3.88. The number of amides is 1. The fourth-order valence-electron chi connectivity index (χ4n) is 4.87. The lowest BCUT2D eigenvalue weighted by molar-refractivity contribution is -0.133. The molecule has 0 saturated carbocycles. The van der Waals surface area contributed by atoms with E-state index in [1.807, 2.05) is 23.1 Å². The lowest BCUT2D eigenvalue weighted by atomic mass is 9.75. The van der Waals surface area contributed by atoms with Crippen LogP contribution in [0.4, 0.5) is 0 Å². The highest BCUT2D eigenvalue weighted by molar-refractivity contribution is 5.76. The molecule has 7 heteroatoms. The Morgan fingerprint density at radius 3 is 2.66 bits per heavy atom. The molecular weight excluding hydrogens is 406 g/mol. The maximum atomic E-state index is 12.8. The van der Waals surface area contributed by atoms with Crippen molar-refractivity contribution in [2.75, 3.05) is 40.0 Å². The molecule has 0 N–H and O–H groups in total.